The van der Waals surface area contributed by atoms with E-state index in [4.69, 9.17) is 4.52 Å². The Hall–Kier alpha value is -1.09. The van der Waals surface area contributed by atoms with Crippen LogP contribution in [-0.4, -0.2) is 14.2 Å². The van der Waals surface area contributed by atoms with E-state index in [0.717, 1.165) is 17.6 Å². The fourth-order valence-corrected chi connectivity index (χ4v) is 1.90. The van der Waals surface area contributed by atoms with Crippen LogP contribution < -0.4 is 0 Å². The first-order valence-corrected chi connectivity index (χ1v) is 6.65. The molecule has 0 atom stereocenters. The van der Waals surface area contributed by atoms with Crippen LogP contribution in [0.25, 0.3) is 0 Å². The summed E-state index contributed by atoms with van der Waals surface area (Å²) in [7, 11) is -0.851. The minimum Gasteiger partial charge on any atom is -0.412 e. The standard InChI is InChI=1S/C12H17O4P/c1-11(9-12-7-5-4-6-8-12)10-16-17(13,14-2)15-3/h4-8,10H,9H2,1-3H3. The molecule has 1 rings (SSSR count). The van der Waals surface area contributed by atoms with E-state index < -0.39 is 7.82 Å². The number of hydrogen-bond acceptors (Lipinski definition) is 4. The molecule has 0 radical (unpaired) electrons. The molecular formula is C12H17O4P. The average molecular weight is 256 g/mol. The minimum absolute atomic E-state index is 0.730. The van der Waals surface area contributed by atoms with Crippen LogP contribution in [0.2, 0.25) is 0 Å². The number of rotatable bonds is 6. The molecule has 0 spiro atoms. The van der Waals surface area contributed by atoms with Crippen molar-refractivity contribution in [2.75, 3.05) is 14.2 Å². The summed E-state index contributed by atoms with van der Waals surface area (Å²) < 4.78 is 25.9. The van der Waals surface area contributed by atoms with Gasteiger partial charge in [-0.1, -0.05) is 30.3 Å². The molecular weight excluding hydrogens is 239 g/mol. The van der Waals surface area contributed by atoms with E-state index in [9.17, 15) is 4.57 Å². The summed E-state index contributed by atoms with van der Waals surface area (Å²) in [5.74, 6) is 0. The predicted molar refractivity (Wildman–Crippen MR) is 66.6 cm³/mol. The first-order chi connectivity index (χ1) is 8.09. The van der Waals surface area contributed by atoms with Crippen molar-refractivity contribution in [3.63, 3.8) is 0 Å². The molecule has 0 amide bonds. The molecule has 0 aliphatic rings. The van der Waals surface area contributed by atoms with Crippen molar-refractivity contribution in [1.82, 2.24) is 0 Å². The molecule has 17 heavy (non-hydrogen) atoms. The maximum absolute atomic E-state index is 11.6. The quantitative estimate of drug-likeness (QED) is 0.576. The molecule has 5 heteroatoms. The minimum atomic E-state index is -3.42. The highest BCUT2D eigenvalue weighted by atomic mass is 31.2. The Morgan fingerprint density at radius 1 is 1.24 bits per heavy atom. The van der Waals surface area contributed by atoms with E-state index in [-0.39, 0.29) is 0 Å². The molecule has 0 aliphatic carbocycles. The summed E-state index contributed by atoms with van der Waals surface area (Å²) in [6, 6.07) is 9.94. The van der Waals surface area contributed by atoms with Gasteiger partial charge in [0.2, 0.25) is 0 Å². The SMILES string of the molecule is COP(=O)(OC)OC=C(C)Cc1ccccc1. The average Bonchev–Trinajstić information content (AvgIpc) is 2.37. The molecule has 0 heterocycles. The van der Waals surface area contributed by atoms with E-state index in [1.54, 1.807) is 0 Å². The predicted octanol–water partition coefficient (Wildman–Crippen LogP) is 3.55. The van der Waals surface area contributed by atoms with Crippen molar-refractivity contribution in [3.8, 4) is 0 Å². The van der Waals surface area contributed by atoms with Gasteiger partial charge in [0.25, 0.3) is 0 Å². The Bertz CT molecular complexity index is 406. The lowest BCUT2D eigenvalue weighted by Gasteiger charge is -2.11. The van der Waals surface area contributed by atoms with E-state index in [2.05, 4.69) is 9.05 Å². The molecule has 94 valence electrons. The fraction of sp³-hybridized carbons (Fsp3) is 0.333. The van der Waals surface area contributed by atoms with E-state index in [1.807, 2.05) is 37.3 Å². The van der Waals surface area contributed by atoms with Crippen LogP contribution >= 0.6 is 7.82 Å². The summed E-state index contributed by atoms with van der Waals surface area (Å²) in [6.07, 6.45) is 2.15. The number of benzene rings is 1. The Balaban J connectivity index is 2.59. The summed E-state index contributed by atoms with van der Waals surface area (Å²) in [4.78, 5) is 0. The van der Waals surface area contributed by atoms with Gasteiger partial charge in [0, 0.05) is 14.2 Å². The highest BCUT2D eigenvalue weighted by Crippen LogP contribution is 2.48. The van der Waals surface area contributed by atoms with E-state index in [0.29, 0.717) is 0 Å². The normalized spacial score (nSPS) is 12.5. The zero-order valence-corrected chi connectivity index (χ0v) is 11.1. The van der Waals surface area contributed by atoms with Crippen LogP contribution in [-0.2, 0) is 24.6 Å². The van der Waals surface area contributed by atoms with Crippen LogP contribution in [0.4, 0.5) is 0 Å². The third-order valence-corrected chi connectivity index (χ3v) is 3.41. The molecule has 1 aromatic carbocycles. The summed E-state index contributed by atoms with van der Waals surface area (Å²) >= 11 is 0. The Morgan fingerprint density at radius 2 is 1.82 bits per heavy atom. The lowest BCUT2D eigenvalue weighted by Crippen LogP contribution is -1.92. The van der Waals surface area contributed by atoms with Gasteiger partial charge >= 0.3 is 7.82 Å². The number of allylic oxidation sites excluding steroid dienone is 1. The van der Waals surface area contributed by atoms with Gasteiger partial charge in [0.1, 0.15) is 0 Å². The zero-order valence-electron chi connectivity index (χ0n) is 10.3. The van der Waals surface area contributed by atoms with Gasteiger partial charge in [0.15, 0.2) is 0 Å². The second-order valence-corrected chi connectivity index (χ2v) is 5.38. The molecule has 0 unspecified atom stereocenters. The summed E-state index contributed by atoms with van der Waals surface area (Å²) in [6.45, 7) is 1.89. The maximum atomic E-state index is 11.6. The van der Waals surface area contributed by atoms with E-state index >= 15 is 0 Å². The second kappa shape index (κ2) is 6.60. The van der Waals surface area contributed by atoms with Crippen LogP contribution in [0, 0.1) is 0 Å². The summed E-state index contributed by atoms with van der Waals surface area (Å²) in [5, 5.41) is 0. The highest BCUT2D eigenvalue weighted by molar-refractivity contribution is 7.48. The van der Waals surface area contributed by atoms with Gasteiger partial charge in [0.05, 0.1) is 6.26 Å². The molecule has 4 nitrogen and oxygen atoms in total. The molecule has 0 N–H and O–H groups in total. The molecule has 1 aromatic rings. The monoisotopic (exact) mass is 256 g/mol. The van der Waals surface area contributed by atoms with Gasteiger partial charge in [-0.3, -0.25) is 9.05 Å². The topological polar surface area (TPSA) is 44.8 Å². The van der Waals surface area contributed by atoms with Crippen molar-refractivity contribution < 1.29 is 18.1 Å². The first-order valence-electron chi connectivity index (χ1n) is 5.19. The number of phosphoric acid groups is 1. The van der Waals surface area contributed by atoms with Crippen molar-refractivity contribution in [1.29, 1.82) is 0 Å². The fourth-order valence-electron chi connectivity index (χ4n) is 1.27. The van der Waals surface area contributed by atoms with Gasteiger partial charge in [-0.15, -0.1) is 0 Å². The van der Waals surface area contributed by atoms with Gasteiger partial charge in [-0.25, -0.2) is 4.57 Å². The number of hydrogen-bond donors (Lipinski definition) is 0. The van der Waals surface area contributed by atoms with Crippen LogP contribution in [0.1, 0.15) is 12.5 Å². The Kier molecular flexibility index (Phi) is 5.42. The Labute approximate surface area is 102 Å². The molecule has 0 bridgehead atoms. The lowest BCUT2D eigenvalue weighted by atomic mass is 10.1. The van der Waals surface area contributed by atoms with Gasteiger partial charge < -0.3 is 4.52 Å². The van der Waals surface area contributed by atoms with Crippen LogP contribution in [0.15, 0.2) is 42.2 Å². The smallest absolute Gasteiger partial charge is 0.412 e. The first kappa shape index (κ1) is 14.0. The third-order valence-electron chi connectivity index (χ3n) is 2.16. The number of phosphoric ester groups is 1. The van der Waals surface area contributed by atoms with Crippen molar-refractivity contribution in [2.45, 2.75) is 13.3 Å². The molecule has 0 aliphatic heterocycles. The molecule has 0 saturated carbocycles. The zero-order chi connectivity index (χ0) is 12.7. The van der Waals surface area contributed by atoms with Crippen molar-refractivity contribution in [3.05, 3.63) is 47.7 Å². The molecule has 0 aromatic heterocycles. The second-order valence-electron chi connectivity index (χ2n) is 3.54. The lowest BCUT2D eigenvalue weighted by molar-refractivity contribution is 0.193. The molecule has 0 fully saturated rings. The Morgan fingerprint density at radius 3 is 2.35 bits per heavy atom. The van der Waals surface area contributed by atoms with Gasteiger partial charge in [-0.05, 0) is 24.5 Å². The summed E-state index contributed by atoms with van der Waals surface area (Å²) in [5.41, 5.74) is 2.10. The third kappa shape index (κ3) is 4.73. The largest absolute Gasteiger partial charge is 0.528 e. The molecule has 0 saturated heterocycles. The van der Waals surface area contributed by atoms with E-state index in [1.165, 1.54) is 20.5 Å². The van der Waals surface area contributed by atoms with Crippen molar-refractivity contribution in [2.24, 2.45) is 0 Å². The maximum Gasteiger partial charge on any atom is 0.528 e. The van der Waals surface area contributed by atoms with Gasteiger partial charge in [-0.2, -0.15) is 0 Å². The van der Waals surface area contributed by atoms with Crippen molar-refractivity contribution >= 4 is 7.82 Å². The van der Waals surface area contributed by atoms with Crippen LogP contribution in [0.3, 0.4) is 0 Å². The highest BCUT2D eigenvalue weighted by Gasteiger charge is 2.22. The van der Waals surface area contributed by atoms with Crippen LogP contribution in [0.5, 0.6) is 0 Å².